The number of hydrogen-bond donors (Lipinski definition) is 2. The minimum absolute atomic E-state index is 0.0424. The van der Waals surface area contributed by atoms with Crippen molar-refractivity contribution in [1.82, 2.24) is 5.32 Å². The summed E-state index contributed by atoms with van der Waals surface area (Å²) < 4.78 is 5.62. The highest BCUT2D eigenvalue weighted by molar-refractivity contribution is 5.81. The number of carboxylic acids is 1. The zero-order valence-corrected chi connectivity index (χ0v) is 11.1. The van der Waals surface area contributed by atoms with Crippen LogP contribution in [0.4, 0.5) is 0 Å². The van der Waals surface area contributed by atoms with E-state index >= 15 is 0 Å². The zero-order chi connectivity index (χ0) is 13.6. The molecule has 0 radical (unpaired) electrons. The van der Waals surface area contributed by atoms with Gasteiger partial charge in [0.2, 0.25) is 0 Å². The van der Waals surface area contributed by atoms with Crippen molar-refractivity contribution in [2.45, 2.75) is 31.9 Å². The van der Waals surface area contributed by atoms with Gasteiger partial charge in [0.15, 0.2) is 5.54 Å². The monoisotopic (exact) mass is 251 g/mol. The van der Waals surface area contributed by atoms with Gasteiger partial charge < -0.3 is 9.84 Å². The van der Waals surface area contributed by atoms with Gasteiger partial charge in [-0.15, -0.1) is 0 Å². The lowest BCUT2D eigenvalue weighted by Gasteiger charge is -2.30. The van der Waals surface area contributed by atoms with Crippen molar-refractivity contribution in [3.8, 4) is 0 Å². The van der Waals surface area contributed by atoms with Crippen LogP contribution < -0.4 is 5.32 Å². The van der Waals surface area contributed by atoms with Crippen LogP contribution in [-0.2, 0) is 15.1 Å². The Hall–Kier alpha value is -1.39. The van der Waals surface area contributed by atoms with Gasteiger partial charge >= 0.3 is 5.97 Å². The highest BCUT2D eigenvalue weighted by Crippen LogP contribution is 2.22. The molecule has 0 amide bonds. The second-order valence-electron chi connectivity index (χ2n) is 4.36. The number of likely N-dealkylation sites (N-methyl/N-ethyl adjacent to an activating group) is 1. The predicted molar refractivity (Wildman–Crippen MR) is 70.5 cm³/mol. The highest BCUT2D eigenvalue weighted by atomic mass is 16.5. The first-order valence-electron chi connectivity index (χ1n) is 6.16. The first-order chi connectivity index (χ1) is 8.56. The molecule has 0 spiro atoms. The maximum absolute atomic E-state index is 11.6. The van der Waals surface area contributed by atoms with Crippen molar-refractivity contribution in [2.24, 2.45) is 0 Å². The van der Waals surface area contributed by atoms with Crippen molar-refractivity contribution < 1.29 is 14.6 Å². The predicted octanol–water partition coefficient (Wildman–Crippen LogP) is 2.00. The molecule has 0 aromatic heterocycles. The Morgan fingerprint density at radius 1 is 1.44 bits per heavy atom. The Bertz CT molecular complexity index is 380. The van der Waals surface area contributed by atoms with Gasteiger partial charge in [0.25, 0.3) is 0 Å². The molecule has 0 heterocycles. The van der Waals surface area contributed by atoms with Gasteiger partial charge in [-0.05, 0) is 26.0 Å². The topological polar surface area (TPSA) is 58.6 Å². The second-order valence-corrected chi connectivity index (χ2v) is 4.36. The van der Waals surface area contributed by atoms with E-state index in [1.807, 2.05) is 32.0 Å². The summed E-state index contributed by atoms with van der Waals surface area (Å²) in [6.45, 7) is 4.06. The van der Waals surface area contributed by atoms with Crippen LogP contribution >= 0.6 is 0 Å². The van der Waals surface area contributed by atoms with Crippen LogP contribution in [-0.4, -0.2) is 30.8 Å². The van der Waals surface area contributed by atoms with Crippen molar-refractivity contribution in [1.29, 1.82) is 0 Å². The molecule has 1 rings (SSSR count). The lowest BCUT2D eigenvalue weighted by atomic mass is 9.91. The number of ether oxygens (including phenoxy) is 1. The van der Waals surface area contributed by atoms with Crippen molar-refractivity contribution in [3.05, 3.63) is 35.9 Å². The molecule has 0 bridgehead atoms. The molecule has 0 saturated heterocycles. The summed E-state index contributed by atoms with van der Waals surface area (Å²) >= 11 is 0. The van der Waals surface area contributed by atoms with Gasteiger partial charge in [-0.25, -0.2) is 4.79 Å². The van der Waals surface area contributed by atoms with Crippen LogP contribution in [0.3, 0.4) is 0 Å². The summed E-state index contributed by atoms with van der Waals surface area (Å²) in [7, 11) is 1.64. The molecule has 4 heteroatoms. The molecule has 4 nitrogen and oxygen atoms in total. The quantitative estimate of drug-likeness (QED) is 0.778. The normalized spacial score (nSPS) is 15.9. The molecule has 0 aliphatic heterocycles. The number of rotatable bonds is 7. The number of benzene rings is 1. The first-order valence-corrected chi connectivity index (χ1v) is 6.16. The third-order valence-electron chi connectivity index (χ3n) is 3.22. The number of nitrogens with one attached hydrogen (secondary N) is 1. The molecule has 18 heavy (non-hydrogen) atoms. The Kier molecular flexibility index (Phi) is 5.31. The van der Waals surface area contributed by atoms with Gasteiger partial charge in [0, 0.05) is 0 Å². The molecule has 0 saturated carbocycles. The molecular weight excluding hydrogens is 230 g/mol. The average Bonchev–Trinajstić information content (AvgIpc) is 2.40. The molecule has 0 aliphatic carbocycles. The molecule has 100 valence electrons. The molecule has 2 N–H and O–H groups in total. The number of carbonyl (C=O) groups is 1. The molecule has 2 atom stereocenters. The fraction of sp³-hybridized carbons (Fsp3) is 0.500. The van der Waals surface area contributed by atoms with E-state index in [-0.39, 0.29) is 12.7 Å². The molecular formula is C14H21NO3. The first kappa shape index (κ1) is 14.7. The van der Waals surface area contributed by atoms with E-state index in [1.165, 1.54) is 0 Å². The summed E-state index contributed by atoms with van der Waals surface area (Å²) in [5.41, 5.74) is -0.492. The van der Waals surface area contributed by atoms with Gasteiger partial charge in [-0.1, -0.05) is 37.3 Å². The Morgan fingerprint density at radius 2 is 2.06 bits per heavy atom. The van der Waals surface area contributed by atoms with E-state index in [1.54, 1.807) is 19.2 Å². The summed E-state index contributed by atoms with van der Waals surface area (Å²) in [5.74, 6) is -0.931. The fourth-order valence-electron chi connectivity index (χ4n) is 1.70. The lowest BCUT2D eigenvalue weighted by Crippen LogP contribution is -2.51. The summed E-state index contributed by atoms with van der Waals surface area (Å²) in [5, 5.41) is 12.4. The van der Waals surface area contributed by atoms with E-state index in [2.05, 4.69) is 5.32 Å². The van der Waals surface area contributed by atoms with E-state index in [0.29, 0.717) is 5.56 Å². The summed E-state index contributed by atoms with van der Waals surface area (Å²) in [6.07, 6.45) is 0.898. The second kappa shape index (κ2) is 6.52. The summed E-state index contributed by atoms with van der Waals surface area (Å²) in [6, 6.07) is 9.11. The van der Waals surface area contributed by atoms with E-state index in [4.69, 9.17) is 4.74 Å². The van der Waals surface area contributed by atoms with Gasteiger partial charge in [0.1, 0.15) is 0 Å². The average molecular weight is 251 g/mol. The number of carboxylic acid groups (broad SMARTS) is 1. The maximum Gasteiger partial charge on any atom is 0.330 e. The van der Waals surface area contributed by atoms with Crippen LogP contribution in [0.2, 0.25) is 0 Å². The van der Waals surface area contributed by atoms with Gasteiger partial charge in [-0.3, -0.25) is 5.32 Å². The Balaban J connectivity index is 2.99. The minimum atomic E-state index is -1.19. The molecule has 1 aromatic carbocycles. The highest BCUT2D eigenvalue weighted by Gasteiger charge is 2.39. The largest absolute Gasteiger partial charge is 0.480 e. The van der Waals surface area contributed by atoms with Crippen LogP contribution in [0.25, 0.3) is 0 Å². The summed E-state index contributed by atoms with van der Waals surface area (Å²) in [4.78, 5) is 11.6. The fourth-order valence-corrected chi connectivity index (χ4v) is 1.70. The lowest BCUT2D eigenvalue weighted by molar-refractivity contribution is -0.149. The Morgan fingerprint density at radius 3 is 2.50 bits per heavy atom. The maximum atomic E-state index is 11.6. The van der Waals surface area contributed by atoms with Crippen LogP contribution in [0.1, 0.15) is 25.8 Å². The smallest absolute Gasteiger partial charge is 0.330 e. The van der Waals surface area contributed by atoms with E-state index in [0.717, 1.165) is 6.42 Å². The van der Waals surface area contributed by atoms with Gasteiger partial charge in [-0.2, -0.15) is 0 Å². The standard InChI is InChI=1S/C14H21NO3/c1-4-11(2)18-10-14(15-3,13(16)17)12-8-6-5-7-9-12/h5-9,11,15H,4,10H2,1-3H3,(H,16,17). The van der Waals surface area contributed by atoms with Crippen LogP contribution in [0.5, 0.6) is 0 Å². The van der Waals surface area contributed by atoms with Crippen molar-refractivity contribution in [3.63, 3.8) is 0 Å². The van der Waals surface area contributed by atoms with E-state index in [9.17, 15) is 9.90 Å². The SMILES string of the molecule is CCC(C)OCC(NC)(C(=O)O)c1ccccc1. The molecule has 0 fully saturated rings. The minimum Gasteiger partial charge on any atom is -0.480 e. The van der Waals surface area contributed by atoms with Crippen molar-refractivity contribution >= 4 is 5.97 Å². The molecule has 1 aromatic rings. The van der Waals surface area contributed by atoms with Crippen LogP contribution in [0.15, 0.2) is 30.3 Å². The zero-order valence-electron chi connectivity index (χ0n) is 11.1. The number of aliphatic carboxylic acids is 1. The molecule has 0 aliphatic rings. The van der Waals surface area contributed by atoms with Crippen molar-refractivity contribution in [2.75, 3.05) is 13.7 Å². The Labute approximate surface area is 108 Å². The van der Waals surface area contributed by atoms with Crippen LogP contribution in [0, 0.1) is 0 Å². The third-order valence-corrected chi connectivity index (χ3v) is 3.22. The third kappa shape index (κ3) is 3.09. The number of hydrogen-bond acceptors (Lipinski definition) is 3. The van der Waals surface area contributed by atoms with E-state index < -0.39 is 11.5 Å². The molecule has 2 unspecified atom stereocenters. The van der Waals surface area contributed by atoms with Gasteiger partial charge in [0.05, 0.1) is 12.7 Å².